The molecule has 1 aromatic rings. The van der Waals surface area contributed by atoms with Crippen LogP contribution in [0.15, 0.2) is 6.07 Å². The molecule has 0 radical (unpaired) electrons. The molecule has 6 nitrogen and oxygen atoms in total. The SMILES string of the molecule is COc1cc(F)c(OC)c(C(N)CCC(=O)O)c1OC. The summed E-state index contributed by atoms with van der Waals surface area (Å²) in [5, 5.41) is 8.70. The van der Waals surface area contributed by atoms with Crippen molar-refractivity contribution in [2.24, 2.45) is 5.73 Å². The standard InChI is InChI=1S/C13H18FNO5/c1-18-9-6-7(14)12(19-2)11(13(9)20-3)8(15)4-5-10(16)17/h6,8H,4-5,15H2,1-3H3,(H,16,17). The van der Waals surface area contributed by atoms with E-state index in [1.165, 1.54) is 21.3 Å². The van der Waals surface area contributed by atoms with Gasteiger partial charge < -0.3 is 25.1 Å². The van der Waals surface area contributed by atoms with Crippen molar-refractivity contribution in [2.75, 3.05) is 21.3 Å². The van der Waals surface area contributed by atoms with Crippen LogP contribution in [0, 0.1) is 5.82 Å². The second kappa shape index (κ2) is 6.95. The first kappa shape index (κ1) is 16.0. The van der Waals surface area contributed by atoms with Gasteiger partial charge in [-0.25, -0.2) is 4.39 Å². The van der Waals surface area contributed by atoms with Crippen molar-refractivity contribution < 1.29 is 28.5 Å². The minimum atomic E-state index is -0.984. The lowest BCUT2D eigenvalue weighted by Crippen LogP contribution is -2.16. The monoisotopic (exact) mass is 287 g/mol. The van der Waals surface area contributed by atoms with Gasteiger partial charge >= 0.3 is 5.97 Å². The smallest absolute Gasteiger partial charge is 0.303 e. The van der Waals surface area contributed by atoms with Gasteiger partial charge in [0.1, 0.15) is 0 Å². The number of ether oxygens (including phenoxy) is 3. The molecule has 1 unspecified atom stereocenters. The van der Waals surface area contributed by atoms with Crippen molar-refractivity contribution in [1.29, 1.82) is 0 Å². The van der Waals surface area contributed by atoms with Gasteiger partial charge in [-0.3, -0.25) is 4.79 Å². The zero-order chi connectivity index (χ0) is 15.3. The van der Waals surface area contributed by atoms with Crippen LogP contribution in [0.5, 0.6) is 17.2 Å². The number of hydrogen-bond acceptors (Lipinski definition) is 5. The normalized spacial score (nSPS) is 11.8. The second-order valence-corrected chi connectivity index (χ2v) is 4.08. The van der Waals surface area contributed by atoms with Crippen LogP contribution < -0.4 is 19.9 Å². The zero-order valence-electron chi connectivity index (χ0n) is 11.6. The van der Waals surface area contributed by atoms with Gasteiger partial charge in [0.2, 0.25) is 0 Å². The Labute approximate surface area is 116 Å². The van der Waals surface area contributed by atoms with E-state index in [0.717, 1.165) is 6.07 Å². The number of hydrogen-bond donors (Lipinski definition) is 2. The predicted octanol–water partition coefficient (Wildman–Crippen LogP) is 1.72. The average molecular weight is 287 g/mol. The van der Waals surface area contributed by atoms with Crippen molar-refractivity contribution in [3.05, 3.63) is 17.4 Å². The van der Waals surface area contributed by atoms with Crippen molar-refractivity contribution in [2.45, 2.75) is 18.9 Å². The first-order chi connectivity index (χ1) is 9.46. The summed E-state index contributed by atoms with van der Waals surface area (Å²) in [5.41, 5.74) is 6.20. The lowest BCUT2D eigenvalue weighted by molar-refractivity contribution is -0.137. The van der Waals surface area contributed by atoms with Gasteiger partial charge in [-0.1, -0.05) is 0 Å². The minimum absolute atomic E-state index is 0.0689. The van der Waals surface area contributed by atoms with Gasteiger partial charge in [0.25, 0.3) is 0 Å². The summed E-state index contributed by atoms with van der Waals surface area (Å²) in [4.78, 5) is 10.6. The maximum Gasteiger partial charge on any atom is 0.303 e. The summed E-state index contributed by atoms with van der Waals surface area (Å²) in [6.45, 7) is 0. The predicted molar refractivity (Wildman–Crippen MR) is 69.9 cm³/mol. The molecule has 0 aliphatic rings. The summed E-state index contributed by atoms with van der Waals surface area (Å²) >= 11 is 0. The number of aliphatic carboxylic acids is 1. The average Bonchev–Trinajstić information content (AvgIpc) is 2.43. The molecule has 1 rings (SSSR count). The molecule has 20 heavy (non-hydrogen) atoms. The Morgan fingerprint density at radius 2 is 1.90 bits per heavy atom. The molecule has 1 atom stereocenters. The van der Waals surface area contributed by atoms with E-state index in [0.29, 0.717) is 0 Å². The first-order valence-electron chi connectivity index (χ1n) is 5.91. The van der Waals surface area contributed by atoms with Gasteiger partial charge in [-0.05, 0) is 6.42 Å². The Hall–Kier alpha value is -2.02. The highest BCUT2D eigenvalue weighted by Crippen LogP contribution is 2.43. The van der Waals surface area contributed by atoms with Crippen LogP contribution in [0.4, 0.5) is 4.39 Å². The molecule has 0 bridgehead atoms. The second-order valence-electron chi connectivity index (χ2n) is 4.08. The third-order valence-electron chi connectivity index (χ3n) is 2.86. The molecule has 0 amide bonds. The molecule has 1 aromatic carbocycles. The number of carbonyl (C=O) groups is 1. The molecule has 0 saturated heterocycles. The maximum atomic E-state index is 13.9. The number of methoxy groups -OCH3 is 3. The van der Waals surface area contributed by atoms with Crippen molar-refractivity contribution in [3.8, 4) is 17.2 Å². The van der Waals surface area contributed by atoms with Crippen molar-refractivity contribution >= 4 is 5.97 Å². The highest BCUT2D eigenvalue weighted by molar-refractivity contribution is 5.67. The van der Waals surface area contributed by atoms with E-state index < -0.39 is 17.8 Å². The van der Waals surface area contributed by atoms with Gasteiger partial charge in [-0.15, -0.1) is 0 Å². The summed E-state index contributed by atoms with van der Waals surface area (Å²) in [5.74, 6) is -1.29. The first-order valence-corrected chi connectivity index (χ1v) is 5.91. The minimum Gasteiger partial charge on any atom is -0.493 e. The highest BCUT2D eigenvalue weighted by Gasteiger charge is 2.25. The Bertz CT molecular complexity index is 492. The number of carboxylic acids is 1. The van der Waals surface area contributed by atoms with E-state index in [4.69, 9.17) is 25.1 Å². The number of nitrogens with two attached hydrogens (primary N) is 1. The van der Waals surface area contributed by atoms with E-state index in [1.807, 2.05) is 0 Å². The molecule has 112 valence electrons. The molecule has 0 aliphatic heterocycles. The molecular formula is C13H18FNO5. The third-order valence-corrected chi connectivity index (χ3v) is 2.86. The molecular weight excluding hydrogens is 269 g/mol. The summed E-state index contributed by atoms with van der Waals surface area (Å²) in [7, 11) is 4.07. The van der Waals surface area contributed by atoms with Crippen LogP contribution in [0.2, 0.25) is 0 Å². The van der Waals surface area contributed by atoms with Gasteiger partial charge in [-0.2, -0.15) is 0 Å². The van der Waals surface area contributed by atoms with Crippen LogP contribution in [-0.4, -0.2) is 32.4 Å². The Balaban J connectivity index is 3.31. The molecule has 0 aliphatic carbocycles. The van der Waals surface area contributed by atoms with Gasteiger partial charge in [0.05, 0.1) is 26.9 Å². The largest absolute Gasteiger partial charge is 0.493 e. The van der Waals surface area contributed by atoms with Crippen LogP contribution in [-0.2, 0) is 4.79 Å². The van der Waals surface area contributed by atoms with Crippen LogP contribution >= 0.6 is 0 Å². The molecule has 0 saturated carbocycles. The number of halogens is 1. The Morgan fingerprint density at radius 1 is 1.30 bits per heavy atom. The maximum absolute atomic E-state index is 13.9. The lowest BCUT2D eigenvalue weighted by atomic mass is 9.99. The summed E-state index contributed by atoms with van der Waals surface area (Å²) in [6, 6.07) is 0.381. The van der Waals surface area contributed by atoms with Crippen LogP contribution in [0.25, 0.3) is 0 Å². The van der Waals surface area contributed by atoms with E-state index in [1.54, 1.807) is 0 Å². The van der Waals surface area contributed by atoms with Crippen molar-refractivity contribution in [3.63, 3.8) is 0 Å². The van der Waals surface area contributed by atoms with Gasteiger partial charge in [0.15, 0.2) is 23.1 Å². The van der Waals surface area contributed by atoms with Crippen molar-refractivity contribution in [1.82, 2.24) is 0 Å². The quantitative estimate of drug-likeness (QED) is 0.793. The van der Waals surface area contributed by atoms with E-state index in [-0.39, 0.29) is 35.7 Å². The topological polar surface area (TPSA) is 91.0 Å². The number of carboxylic acid groups (broad SMARTS) is 1. The molecule has 0 spiro atoms. The summed E-state index contributed by atoms with van der Waals surface area (Å²) < 4.78 is 29.2. The zero-order valence-corrected chi connectivity index (χ0v) is 11.6. The summed E-state index contributed by atoms with van der Waals surface area (Å²) in [6.07, 6.45) is -0.0268. The third kappa shape index (κ3) is 3.30. The Morgan fingerprint density at radius 3 is 2.35 bits per heavy atom. The van der Waals surface area contributed by atoms with Crippen LogP contribution in [0.3, 0.4) is 0 Å². The van der Waals surface area contributed by atoms with E-state index in [2.05, 4.69) is 0 Å². The molecule has 7 heteroatoms. The lowest BCUT2D eigenvalue weighted by Gasteiger charge is -2.21. The highest BCUT2D eigenvalue weighted by atomic mass is 19.1. The molecule has 0 aromatic heterocycles. The van der Waals surface area contributed by atoms with Gasteiger partial charge in [0, 0.05) is 18.5 Å². The molecule has 0 fully saturated rings. The number of benzene rings is 1. The fourth-order valence-corrected chi connectivity index (χ4v) is 1.94. The fraction of sp³-hybridized carbons (Fsp3) is 0.462. The van der Waals surface area contributed by atoms with E-state index >= 15 is 0 Å². The van der Waals surface area contributed by atoms with Crippen LogP contribution in [0.1, 0.15) is 24.4 Å². The fourth-order valence-electron chi connectivity index (χ4n) is 1.94. The Kier molecular flexibility index (Phi) is 5.57. The number of rotatable bonds is 7. The molecule has 3 N–H and O–H groups in total. The molecule has 0 heterocycles. The van der Waals surface area contributed by atoms with E-state index in [9.17, 15) is 9.18 Å².